The highest BCUT2D eigenvalue weighted by Crippen LogP contribution is 2.25. The first-order valence-corrected chi connectivity index (χ1v) is 8.65. The minimum atomic E-state index is -0.714. The molecular weight excluding hydrogens is 304 g/mol. The standard InChI is InChI=1S/C19H28N2O3/c1-5-13(2)17(19(22)23)11-15-7-8-16-14(3)20-21(18(16)12-15)9-6-10-24-4/h7-8,12-13,17H,5-6,9-11H2,1-4H3,(H,22,23). The van der Waals surface area contributed by atoms with Gasteiger partial charge in [-0.15, -0.1) is 0 Å². The number of carboxylic acids is 1. The van der Waals surface area contributed by atoms with Crippen molar-refractivity contribution in [1.29, 1.82) is 0 Å². The quantitative estimate of drug-likeness (QED) is 0.712. The smallest absolute Gasteiger partial charge is 0.307 e. The molecule has 0 saturated heterocycles. The van der Waals surface area contributed by atoms with Gasteiger partial charge >= 0.3 is 5.97 Å². The normalized spacial score (nSPS) is 14.0. The average Bonchev–Trinajstić information content (AvgIpc) is 2.87. The van der Waals surface area contributed by atoms with E-state index in [1.807, 2.05) is 31.5 Å². The number of nitrogens with zero attached hydrogens (tertiary/aromatic N) is 2. The number of aromatic nitrogens is 2. The van der Waals surface area contributed by atoms with Crippen LogP contribution in [0.1, 0.15) is 37.9 Å². The molecule has 1 aromatic heterocycles. The summed E-state index contributed by atoms with van der Waals surface area (Å²) in [5.74, 6) is -0.904. The van der Waals surface area contributed by atoms with Crippen molar-refractivity contribution < 1.29 is 14.6 Å². The summed E-state index contributed by atoms with van der Waals surface area (Å²) >= 11 is 0. The third kappa shape index (κ3) is 4.15. The third-order valence-electron chi connectivity index (χ3n) is 4.82. The number of carboxylic acid groups (broad SMARTS) is 1. The molecule has 0 aliphatic heterocycles. The van der Waals surface area contributed by atoms with Gasteiger partial charge in [-0.1, -0.05) is 32.4 Å². The number of benzene rings is 1. The van der Waals surface area contributed by atoms with Gasteiger partial charge in [0.1, 0.15) is 0 Å². The summed E-state index contributed by atoms with van der Waals surface area (Å²) in [5, 5.41) is 15.3. The maximum atomic E-state index is 11.6. The minimum Gasteiger partial charge on any atom is -0.481 e. The molecule has 2 atom stereocenters. The van der Waals surface area contributed by atoms with Gasteiger partial charge in [0.15, 0.2) is 0 Å². The molecule has 0 bridgehead atoms. The van der Waals surface area contributed by atoms with Crippen LogP contribution in [0.5, 0.6) is 0 Å². The van der Waals surface area contributed by atoms with Gasteiger partial charge in [0.2, 0.25) is 0 Å². The molecule has 0 radical (unpaired) electrons. The Hall–Kier alpha value is -1.88. The van der Waals surface area contributed by atoms with Crippen molar-refractivity contribution in [3.63, 3.8) is 0 Å². The predicted octanol–water partition coefficient (Wildman–Crippen LogP) is 3.67. The van der Waals surface area contributed by atoms with Gasteiger partial charge in [0, 0.05) is 25.6 Å². The number of hydrogen-bond donors (Lipinski definition) is 1. The van der Waals surface area contributed by atoms with Gasteiger partial charge in [-0.05, 0) is 37.3 Å². The van der Waals surface area contributed by atoms with E-state index < -0.39 is 5.97 Å². The lowest BCUT2D eigenvalue weighted by atomic mass is 9.86. The van der Waals surface area contributed by atoms with Gasteiger partial charge in [-0.25, -0.2) is 0 Å². The number of rotatable bonds is 9. The van der Waals surface area contributed by atoms with E-state index in [0.717, 1.165) is 41.5 Å². The van der Waals surface area contributed by atoms with E-state index in [9.17, 15) is 9.90 Å². The van der Waals surface area contributed by atoms with Gasteiger partial charge in [0.05, 0.1) is 17.1 Å². The highest BCUT2D eigenvalue weighted by molar-refractivity contribution is 5.82. The first-order valence-electron chi connectivity index (χ1n) is 8.65. The number of methoxy groups -OCH3 is 1. The second-order valence-electron chi connectivity index (χ2n) is 6.54. The van der Waals surface area contributed by atoms with Crippen molar-refractivity contribution in [3.05, 3.63) is 29.5 Å². The van der Waals surface area contributed by atoms with Crippen molar-refractivity contribution in [2.45, 2.75) is 46.6 Å². The van der Waals surface area contributed by atoms with Crippen LogP contribution in [0.25, 0.3) is 10.9 Å². The van der Waals surface area contributed by atoms with Crippen molar-refractivity contribution in [2.24, 2.45) is 11.8 Å². The summed E-state index contributed by atoms with van der Waals surface area (Å²) in [6.07, 6.45) is 2.33. The summed E-state index contributed by atoms with van der Waals surface area (Å²) < 4.78 is 7.12. The van der Waals surface area contributed by atoms with E-state index in [-0.39, 0.29) is 11.8 Å². The average molecular weight is 332 g/mol. The topological polar surface area (TPSA) is 64.4 Å². The molecule has 2 rings (SSSR count). The number of ether oxygens (including phenoxy) is 1. The first-order chi connectivity index (χ1) is 11.5. The molecular formula is C19H28N2O3. The number of hydrogen-bond acceptors (Lipinski definition) is 3. The molecule has 5 nitrogen and oxygen atoms in total. The van der Waals surface area contributed by atoms with Crippen LogP contribution in [0.2, 0.25) is 0 Å². The van der Waals surface area contributed by atoms with E-state index >= 15 is 0 Å². The van der Waals surface area contributed by atoms with Crippen LogP contribution in [-0.2, 0) is 22.5 Å². The summed E-state index contributed by atoms with van der Waals surface area (Å²) in [4.78, 5) is 11.6. The summed E-state index contributed by atoms with van der Waals surface area (Å²) in [6.45, 7) is 7.56. The van der Waals surface area contributed by atoms with Crippen LogP contribution in [0, 0.1) is 18.8 Å². The number of fused-ring (bicyclic) bond motifs is 1. The largest absolute Gasteiger partial charge is 0.481 e. The molecule has 24 heavy (non-hydrogen) atoms. The molecule has 0 aliphatic carbocycles. The molecule has 0 fully saturated rings. The molecule has 0 aliphatic rings. The van der Waals surface area contributed by atoms with Gasteiger partial charge in [-0.2, -0.15) is 5.10 Å². The van der Waals surface area contributed by atoms with E-state index in [2.05, 4.69) is 17.2 Å². The van der Waals surface area contributed by atoms with Crippen LogP contribution in [-0.4, -0.2) is 34.6 Å². The Kier molecular flexibility index (Phi) is 6.37. The monoisotopic (exact) mass is 332 g/mol. The van der Waals surface area contributed by atoms with E-state index in [1.54, 1.807) is 7.11 Å². The molecule has 0 spiro atoms. The maximum absolute atomic E-state index is 11.6. The summed E-state index contributed by atoms with van der Waals surface area (Å²) in [5.41, 5.74) is 3.14. The molecule has 5 heteroatoms. The minimum absolute atomic E-state index is 0.159. The Morgan fingerprint density at radius 3 is 2.79 bits per heavy atom. The lowest BCUT2D eigenvalue weighted by Gasteiger charge is -2.18. The molecule has 1 aromatic carbocycles. The molecule has 2 unspecified atom stereocenters. The Balaban J connectivity index is 2.28. The van der Waals surface area contributed by atoms with Gasteiger partial charge < -0.3 is 9.84 Å². The molecule has 1 heterocycles. The number of aliphatic carboxylic acids is 1. The molecule has 0 amide bonds. The maximum Gasteiger partial charge on any atom is 0.307 e. The molecule has 2 aromatic rings. The van der Waals surface area contributed by atoms with Gasteiger partial charge in [0.25, 0.3) is 0 Å². The Morgan fingerprint density at radius 1 is 1.42 bits per heavy atom. The SMILES string of the molecule is CCC(C)C(Cc1ccc2c(C)nn(CCCOC)c2c1)C(=O)O. The van der Waals surface area contributed by atoms with Crippen LogP contribution >= 0.6 is 0 Å². The predicted molar refractivity (Wildman–Crippen MR) is 95.2 cm³/mol. The number of aryl methyl sites for hydroxylation is 2. The second-order valence-corrected chi connectivity index (χ2v) is 6.54. The lowest BCUT2D eigenvalue weighted by molar-refractivity contribution is -0.143. The summed E-state index contributed by atoms with van der Waals surface area (Å²) in [6, 6.07) is 6.20. The second kappa shape index (κ2) is 8.29. The zero-order chi connectivity index (χ0) is 17.7. The number of carbonyl (C=O) groups is 1. The fraction of sp³-hybridized carbons (Fsp3) is 0.579. The van der Waals surface area contributed by atoms with E-state index in [1.165, 1.54) is 0 Å². The molecule has 0 saturated carbocycles. The third-order valence-corrected chi connectivity index (χ3v) is 4.82. The fourth-order valence-corrected chi connectivity index (χ4v) is 3.11. The first kappa shape index (κ1) is 18.5. The van der Waals surface area contributed by atoms with Crippen molar-refractivity contribution in [2.75, 3.05) is 13.7 Å². The zero-order valence-electron chi connectivity index (χ0n) is 15.1. The molecule has 1 N–H and O–H groups in total. The summed E-state index contributed by atoms with van der Waals surface area (Å²) in [7, 11) is 1.70. The lowest BCUT2D eigenvalue weighted by Crippen LogP contribution is -2.23. The zero-order valence-corrected chi connectivity index (χ0v) is 15.1. The van der Waals surface area contributed by atoms with Crippen LogP contribution < -0.4 is 0 Å². The Labute approximate surface area is 143 Å². The fourth-order valence-electron chi connectivity index (χ4n) is 3.11. The molecule has 132 valence electrons. The van der Waals surface area contributed by atoms with Crippen molar-refractivity contribution >= 4 is 16.9 Å². The van der Waals surface area contributed by atoms with Crippen LogP contribution in [0.15, 0.2) is 18.2 Å². The highest BCUT2D eigenvalue weighted by Gasteiger charge is 2.24. The van der Waals surface area contributed by atoms with Gasteiger partial charge in [-0.3, -0.25) is 9.48 Å². The Bertz CT molecular complexity index is 693. The van der Waals surface area contributed by atoms with E-state index in [0.29, 0.717) is 13.0 Å². The van der Waals surface area contributed by atoms with Crippen LogP contribution in [0.4, 0.5) is 0 Å². The van der Waals surface area contributed by atoms with E-state index in [4.69, 9.17) is 4.74 Å². The Morgan fingerprint density at radius 2 is 2.17 bits per heavy atom. The van der Waals surface area contributed by atoms with Crippen molar-refractivity contribution in [3.8, 4) is 0 Å². The van der Waals surface area contributed by atoms with Crippen molar-refractivity contribution in [1.82, 2.24) is 9.78 Å². The van der Waals surface area contributed by atoms with Crippen LogP contribution in [0.3, 0.4) is 0 Å². The highest BCUT2D eigenvalue weighted by atomic mass is 16.5.